The summed E-state index contributed by atoms with van der Waals surface area (Å²) in [6, 6.07) is 7.87. The summed E-state index contributed by atoms with van der Waals surface area (Å²) in [6.45, 7) is 1.07. The Hall–Kier alpha value is -0.820. The molecule has 1 aromatic carbocycles. The fourth-order valence-corrected chi connectivity index (χ4v) is 3.30. The van der Waals surface area contributed by atoms with Crippen LogP contribution in [0.15, 0.2) is 18.2 Å². The van der Waals surface area contributed by atoms with Gasteiger partial charge in [-0.2, -0.15) is 0 Å². The average Bonchev–Trinajstić information content (AvgIpc) is 2.85. The molecule has 2 aliphatic carbocycles. The van der Waals surface area contributed by atoms with Gasteiger partial charge in [-0.25, -0.2) is 0 Å². The second-order valence-corrected chi connectivity index (χ2v) is 5.67. The first-order valence-corrected chi connectivity index (χ1v) is 7.26. The third-order valence-corrected chi connectivity index (χ3v) is 4.36. The van der Waals surface area contributed by atoms with Gasteiger partial charge in [-0.05, 0) is 48.8 Å². The van der Waals surface area contributed by atoms with Crippen LogP contribution in [0, 0.1) is 0 Å². The van der Waals surface area contributed by atoms with E-state index in [0.717, 1.165) is 12.6 Å². The highest BCUT2D eigenvalue weighted by Crippen LogP contribution is 2.23. The zero-order valence-corrected chi connectivity index (χ0v) is 10.7. The van der Waals surface area contributed by atoms with Crippen molar-refractivity contribution in [2.45, 2.75) is 64.0 Å². The van der Waals surface area contributed by atoms with Gasteiger partial charge in [0, 0.05) is 12.6 Å². The van der Waals surface area contributed by atoms with E-state index >= 15 is 0 Å². The van der Waals surface area contributed by atoms with Crippen LogP contribution >= 0.6 is 0 Å². The van der Waals surface area contributed by atoms with Crippen LogP contribution < -0.4 is 5.32 Å². The lowest BCUT2D eigenvalue weighted by molar-refractivity contribution is 0.372. The van der Waals surface area contributed by atoms with E-state index in [2.05, 4.69) is 23.5 Å². The highest BCUT2D eigenvalue weighted by molar-refractivity contribution is 5.35. The van der Waals surface area contributed by atoms with Gasteiger partial charge in [0.15, 0.2) is 0 Å². The third-order valence-electron chi connectivity index (χ3n) is 4.36. The van der Waals surface area contributed by atoms with Gasteiger partial charge in [0.2, 0.25) is 0 Å². The van der Waals surface area contributed by atoms with Crippen molar-refractivity contribution in [3.05, 3.63) is 34.9 Å². The van der Waals surface area contributed by atoms with E-state index in [1.165, 1.54) is 56.9 Å². The van der Waals surface area contributed by atoms with Crippen molar-refractivity contribution >= 4 is 0 Å². The first-order valence-electron chi connectivity index (χ1n) is 7.26. The van der Waals surface area contributed by atoms with Crippen molar-refractivity contribution in [2.75, 3.05) is 0 Å². The monoisotopic (exact) mass is 229 g/mol. The van der Waals surface area contributed by atoms with E-state index in [1.807, 2.05) is 0 Å². The minimum Gasteiger partial charge on any atom is -0.310 e. The Morgan fingerprint density at radius 1 is 0.941 bits per heavy atom. The lowest BCUT2D eigenvalue weighted by Gasteiger charge is -2.23. The highest BCUT2D eigenvalue weighted by atomic mass is 14.9. The van der Waals surface area contributed by atoms with Crippen LogP contribution in [0.2, 0.25) is 0 Å². The first kappa shape index (κ1) is 11.3. The van der Waals surface area contributed by atoms with Crippen LogP contribution in [0.3, 0.4) is 0 Å². The zero-order valence-electron chi connectivity index (χ0n) is 10.7. The number of aryl methyl sites for hydroxylation is 2. The Bertz CT molecular complexity index is 377. The molecule has 0 unspecified atom stereocenters. The molecule has 1 fully saturated rings. The lowest BCUT2D eigenvalue weighted by atomic mass is 9.95. The molecule has 1 nitrogen and oxygen atoms in total. The summed E-state index contributed by atoms with van der Waals surface area (Å²) in [5, 5.41) is 3.73. The lowest BCUT2D eigenvalue weighted by Crippen LogP contribution is -2.30. The van der Waals surface area contributed by atoms with Gasteiger partial charge in [-0.1, -0.05) is 37.5 Å². The van der Waals surface area contributed by atoms with Crippen molar-refractivity contribution in [1.29, 1.82) is 0 Å². The smallest absolute Gasteiger partial charge is 0.0208 e. The average molecular weight is 229 g/mol. The molecule has 0 amide bonds. The normalized spacial score (nSPS) is 20.5. The number of nitrogens with one attached hydrogen (secondary N) is 1. The minimum absolute atomic E-state index is 0.775. The third kappa shape index (κ3) is 2.71. The van der Waals surface area contributed by atoms with Crippen molar-refractivity contribution in [2.24, 2.45) is 0 Å². The first-order chi connectivity index (χ1) is 8.42. The molecule has 0 radical (unpaired) electrons. The molecule has 1 aromatic rings. The maximum Gasteiger partial charge on any atom is 0.0208 e. The molecule has 0 bridgehead atoms. The number of hydrogen-bond donors (Lipinski definition) is 1. The maximum absolute atomic E-state index is 3.73. The van der Waals surface area contributed by atoms with Crippen molar-refractivity contribution in [1.82, 2.24) is 5.32 Å². The molecule has 3 rings (SSSR count). The molecule has 0 atom stereocenters. The predicted molar refractivity (Wildman–Crippen MR) is 72.2 cm³/mol. The summed E-state index contributed by atoms with van der Waals surface area (Å²) >= 11 is 0. The Labute approximate surface area is 105 Å². The minimum atomic E-state index is 0.775. The molecular formula is C16H23N. The van der Waals surface area contributed by atoms with Gasteiger partial charge < -0.3 is 5.32 Å². The predicted octanol–water partition coefficient (Wildman–Crippen LogP) is 3.60. The van der Waals surface area contributed by atoms with Crippen LogP contribution in [-0.4, -0.2) is 6.04 Å². The molecule has 92 valence electrons. The molecule has 0 saturated heterocycles. The summed E-state index contributed by atoms with van der Waals surface area (Å²) in [4.78, 5) is 0. The second kappa shape index (κ2) is 5.22. The quantitative estimate of drug-likeness (QED) is 0.835. The van der Waals surface area contributed by atoms with Crippen LogP contribution in [0.5, 0.6) is 0 Å². The standard InChI is InChI=1S/C16H23N/c1-2-7-16(8-3-1)17-12-13-9-10-14-5-4-6-15(14)11-13/h9-11,16-17H,1-8,12H2. The van der Waals surface area contributed by atoms with Gasteiger partial charge in [0.1, 0.15) is 0 Å². The molecule has 1 saturated carbocycles. The van der Waals surface area contributed by atoms with Gasteiger partial charge in [0.25, 0.3) is 0 Å². The molecule has 1 heteroatoms. The molecule has 0 spiro atoms. The highest BCUT2D eigenvalue weighted by Gasteiger charge is 2.14. The molecule has 2 aliphatic rings. The summed E-state index contributed by atoms with van der Waals surface area (Å²) < 4.78 is 0. The molecule has 17 heavy (non-hydrogen) atoms. The van der Waals surface area contributed by atoms with Crippen LogP contribution in [-0.2, 0) is 19.4 Å². The van der Waals surface area contributed by atoms with Crippen LogP contribution in [0.1, 0.15) is 55.2 Å². The Morgan fingerprint density at radius 3 is 2.65 bits per heavy atom. The van der Waals surface area contributed by atoms with Crippen molar-refractivity contribution < 1.29 is 0 Å². The number of fused-ring (bicyclic) bond motifs is 1. The van der Waals surface area contributed by atoms with Gasteiger partial charge >= 0.3 is 0 Å². The van der Waals surface area contributed by atoms with E-state index < -0.39 is 0 Å². The van der Waals surface area contributed by atoms with E-state index in [9.17, 15) is 0 Å². The largest absolute Gasteiger partial charge is 0.310 e. The topological polar surface area (TPSA) is 12.0 Å². The fourth-order valence-electron chi connectivity index (χ4n) is 3.30. The Balaban J connectivity index is 1.57. The van der Waals surface area contributed by atoms with E-state index in [1.54, 1.807) is 11.1 Å². The molecule has 0 aromatic heterocycles. The van der Waals surface area contributed by atoms with E-state index in [-0.39, 0.29) is 0 Å². The van der Waals surface area contributed by atoms with Gasteiger partial charge in [-0.15, -0.1) is 0 Å². The van der Waals surface area contributed by atoms with Gasteiger partial charge in [-0.3, -0.25) is 0 Å². The maximum atomic E-state index is 3.73. The molecular weight excluding hydrogens is 206 g/mol. The Kier molecular flexibility index (Phi) is 3.46. The molecule has 1 N–H and O–H groups in total. The summed E-state index contributed by atoms with van der Waals surface area (Å²) in [5.41, 5.74) is 4.68. The van der Waals surface area contributed by atoms with Crippen LogP contribution in [0.25, 0.3) is 0 Å². The number of rotatable bonds is 3. The van der Waals surface area contributed by atoms with Crippen molar-refractivity contribution in [3.63, 3.8) is 0 Å². The summed E-state index contributed by atoms with van der Waals surface area (Å²) in [5.74, 6) is 0. The van der Waals surface area contributed by atoms with Crippen molar-refractivity contribution in [3.8, 4) is 0 Å². The molecule has 0 heterocycles. The van der Waals surface area contributed by atoms with Crippen LogP contribution in [0.4, 0.5) is 0 Å². The summed E-state index contributed by atoms with van der Waals surface area (Å²) in [6.07, 6.45) is 11.0. The number of hydrogen-bond acceptors (Lipinski definition) is 1. The molecule has 0 aliphatic heterocycles. The van der Waals surface area contributed by atoms with E-state index in [4.69, 9.17) is 0 Å². The SMILES string of the molecule is c1cc2c(cc1CNC1CCCCC1)CCC2. The Morgan fingerprint density at radius 2 is 1.76 bits per heavy atom. The second-order valence-electron chi connectivity index (χ2n) is 5.67. The van der Waals surface area contributed by atoms with Gasteiger partial charge in [0.05, 0.1) is 0 Å². The van der Waals surface area contributed by atoms with E-state index in [0.29, 0.717) is 0 Å². The summed E-state index contributed by atoms with van der Waals surface area (Å²) in [7, 11) is 0. The fraction of sp³-hybridized carbons (Fsp3) is 0.625. The zero-order chi connectivity index (χ0) is 11.5. The number of benzene rings is 1.